The Morgan fingerprint density at radius 1 is 1.17 bits per heavy atom. The monoisotopic (exact) mass is 264 g/mol. The van der Waals surface area contributed by atoms with Crippen LogP contribution in [0, 0.1) is 0 Å². The molecule has 0 spiro atoms. The Morgan fingerprint density at radius 3 is 2.39 bits per heavy atom. The number of aromatic nitrogens is 1. The molecule has 2 aromatic rings. The molecule has 4 nitrogen and oxygen atoms in total. The fourth-order valence-corrected chi connectivity index (χ4v) is 1.95. The van der Waals surface area contributed by atoms with Gasteiger partial charge < -0.3 is 15.2 Å². The molecular weight excluding hydrogens is 248 g/mol. The summed E-state index contributed by atoms with van der Waals surface area (Å²) in [6.07, 6.45) is 1.00. The lowest BCUT2D eigenvalue weighted by Gasteiger charge is -2.07. The van der Waals surface area contributed by atoms with Crippen LogP contribution in [0.1, 0.15) is 19.0 Å². The first-order chi connectivity index (χ1) is 8.78. The highest BCUT2D eigenvalue weighted by Crippen LogP contribution is 2.19. The summed E-state index contributed by atoms with van der Waals surface area (Å²) in [5, 5.41) is 2.46. The lowest BCUT2D eigenvalue weighted by molar-refractivity contribution is 0.298. The molecule has 0 radical (unpaired) electrons. The topological polar surface area (TPSA) is 57.4 Å². The summed E-state index contributed by atoms with van der Waals surface area (Å²) >= 11 is 1.42. The van der Waals surface area contributed by atoms with Gasteiger partial charge in [-0.25, -0.2) is 4.98 Å². The zero-order chi connectivity index (χ0) is 12.8. The van der Waals surface area contributed by atoms with Gasteiger partial charge in [0.05, 0.1) is 12.3 Å². The molecule has 0 fully saturated rings. The minimum absolute atomic E-state index is 0.433. The van der Waals surface area contributed by atoms with Crippen molar-refractivity contribution < 1.29 is 9.47 Å². The maximum absolute atomic E-state index is 5.60. The van der Waals surface area contributed by atoms with Crippen molar-refractivity contribution in [3.63, 3.8) is 0 Å². The van der Waals surface area contributed by atoms with Gasteiger partial charge in [-0.3, -0.25) is 0 Å². The molecule has 0 saturated heterocycles. The SMILES string of the molecule is CCCOc1ccc(OCc2csc(N)n2)cc1. The number of ether oxygens (including phenoxy) is 2. The molecule has 2 rings (SSSR count). The van der Waals surface area contributed by atoms with E-state index in [0.29, 0.717) is 11.7 Å². The Kier molecular flexibility index (Phi) is 4.41. The van der Waals surface area contributed by atoms with Gasteiger partial charge in [-0.15, -0.1) is 11.3 Å². The van der Waals surface area contributed by atoms with Crippen molar-refractivity contribution in [3.05, 3.63) is 35.3 Å². The zero-order valence-corrected chi connectivity index (χ0v) is 11.1. The highest BCUT2D eigenvalue weighted by Gasteiger charge is 2.00. The first-order valence-electron chi connectivity index (χ1n) is 5.83. The average molecular weight is 264 g/mol. The number of nitrogen functional groups attached to an aromatic ring is 1. The van der Waals surface area contributed by atoms with E-state index in [1.165, 1.54) is 11.3 Å². The van der Waals surface area contributed by atoms with Crippen LogP contribution in [0.25, 0.3) is 0 Å². The summed E-state index contributed by atoms with van der Waals surface area (Å²) in [6.45, 7) is 3.25. The van der Waals surface area contributed by atoms with Gasteiger partial charge in [0.1, 0.15) is 18.1 Å². The molecule has 5 heteroatoms. The highest BCUT2D eigenvalue weighted by atomic mass is 32.1. The highest BCUT2D eigenvalue weighted by molar-refractivity contribution is 7.13. The fourth-order valence-electron chi connectivity index (χ4n) is 1.40. The van der Waals surface area contributed by atoms with Gasteiger partial charge in [0.15, 0.2) is 5.13 Å². The molecule has 0 aliphatic carbocycles. The molecule has 1 aromatic carbocycles. The third kappa shape index (κ3) is 3.63. The van der Waals surface area contributed by atoms with E-state index >= 15 is 0 Å². The summed E-state index contributed by atoms with van der Waals surface area (Å²) in [6, 6.07) is 7.59. The van der Waals surface area contributed by atoms with E-state index in [2.05, 4.69) is 11.9 Å². The molecule has 1 aromatic heterocycles. The molecule has 0 aliphatic rings. The number of rotatable bonds is 6. The third-order valence-electron chi connectivity index (χ3n) is 2.25. The minimum Gasteiger partial charge on any atom is -0.494 e. The minimum atomic E-state index is 0.433. The van der Waals surface area contributed by atoms with Crippen LogP contribution in [-0.2, 0) is 6.61 Å². The molecule has 1 heterocycles. The van der Waals surface area contributed by atoms with Crippen LogP contribution in [-0.4, -0.2) is 11.6 Å². The predicted molar refractivity (Wildman–Crippen MR) is 73.1 cm³/mol. The van der Waals surface area contributed by atoms with Crippen LogP contribution in [0.5, 0.6) is 11.5 Å². The first kappa shape index (κ1) is 12.7. The molecule has 2 N–H and O–H groups in total. The molecule has 18 heavy (non-hydrogen) atoms. The van der Waals surface area contributed by atoms with Gasteiger partial charge in [0, 0.05) is 5.38 Å². The Labute approximate surface area is 110 Å². The second-order valence-corrected chi connectivity index (χ2v) is 4.68. The van der Waals surface area contributed by atoms with Crippen LogP contribution in [0.4, 0.5) is 5.13 Å². The number of hydrogen-bond acceptors (Lipinski definition) is 5. The Balaban J connectivity index is 1.86. The van der Waals surface area contributed by atoms with Crippen molar-refractivity contribution in [2.45, 2.75) is 20.0 Å². The van der Waals surface area contributed by atoms with Crippen LogP contribution >= 0.6 is 11.3 Å². The van der Waals surface area contributed by atoms with E-state index in [-0.39, 0.29) is 0 Å². The van der Waals surface area contributed by atoms with Crippen molar-refractivity contribution >= 4 is 16.5 Å². The number of hydrogen-bond donors (Lipinski definition) is 1. The summed E-state index contributed by atoms with van der Waals surface area (Å²) in [7, 11) is 0. The molecule has 0 bridgehead atoms. The van der Waals surface area contributed by atoms with E-state index in [1.807, 2.05) is 29.6 Å². The third-order valence-corrected chi connectivity index (χ3v) is 2.98. The lowest BCUT2D eigenvalue weighted by atomic mass is 10.3. The number of nitrogens with zero attached hydrogens (tertiary/aromatic N) is 1. The molecule has 0 amide bonds. The lowest BCUT2D eigenvalue weighted by Crippen LogP contribution is -1.97. The molecule has 0 unspecified atom stereocenters. The van der Waals surface area contributed by atoms with Gasteiger partial charge in [0.25, 0.3) is 0 Å². The van der Waals surface area contributed by atoms with Crippen molar-refractivity contribution in [1.29, 1.82) is 0 Å². The fraction of sp³-hybridized carbons (Fsp3) is 0.308. The van der Waals surface area contributed by atoms with Gasteiger partial charge in [0.2, 0.25) is 0 Å². The summed E-state index contributed by atoms with van der Waals surface area (Å²) in [4.78, 5) is 4.13. The second-order valence-electron chi connectivity index (χ2n) is 3.79. The number of anilines is 1. The largest absolute Gasteiger partial charge is 0.494 e. The number of thiazole rings is 1. The molecule has 96 valence electrons. The smallest absolute Gasteiger partial charge is 0.180 e. The van der Waals surface area contributed by atoms with Gasteiger partial charge in [-0.05, 0) is 30.7 Å². The normalized spacial score (nSPS) is 10.3. The predicted octanol–water partition coefficient (Wildman–Crippen LogP) is 3.09. The van der Waals surface area contributed by atoms with Crippen LogP contribution in [0.15, 0.2) is 29.6 Å². The Morgan fingerprint density at radius 2 is 1.83 bits per heavy atom. The van der Waals surface area contributed by atoms with E-state index in [1.54, 1.807) is 0 Å². The molecule has 0 atom stereocenters. The summed E-state index contributed by atoms with van der Waals surface area (Å²) < 4.78 is 11.1. The Hall–Kier alpha value is -1.75. The van der Waals surface area contributed by atoms with Crippen LogP contribution in [0.3, 0.4) is 0 Å². The maximum atomic E-state index is 5.60. The zero-order valence-electron chi connectivity index (χ0n) is 10.3. The quantitative estimate of drug-likeness (QED) is 0.871. The van der Waals surface area contributed by atoms with Crippen molar-refractivity contribution in [1.82, 2.24) is 4.98 Å². The summed E-state index contributed by atoms with van der Waals surface area (Å²) in [5.41, 5.74) is 6.40. The number of benzene rings is 1. The number of nitrogens with two attached hydrogens (primary N) is 1. The van der Waals surface area contributed by atoms with E-state index in [0.717, 1.165) is 30.2 Å². The second kappa shape index (κ2) is 6.26. The maximum Gasteiger partial charge on any atom is 0.180 e. The van der Waals surface area contributed by atoms with Crippen molar-refractivity contribution in [3.8, 4) is 11.5 Å². The summed E-state index contributed by atoms with van der Waals surface area (Å²) in [5.74, 6) is 1.66. The molecular formula is C13H16N2O2S. The van der Waals surface area contributed by atoms with Crippen molar-refractivity contribution in [2.75, 3.05) is 12.3 Å². The van der Waals surface area contributed by atoms with Crippen LogP contribution < -0.4 is 15.2 Å². The molecule has 0 aliphatic heterocycles. The van der Waals surface area contributed by atoms with Crippen LogP contribution in [0.2, 0.25) is 0 Å². The van der Waals surface area contributed by atoms with E-state index < -0.39 is 0 Å². The van der Waals surface area contributed by atoms with Crippen molar-refractivity contribution in [2.24, 2.45) is 0 Å². The van der Waals surface area contributed by atoms with Gasteiger partial charge in [-0.2, -0.15) is 0 Å². The van der Waals surface area contributed by atoms with Gasteiger partial charge >= 0.3 is 0 Å². The van der Waals surface area contributed by atoms with E-state index in [4.69, 9.17) is 15.2 Å². The van der Waals surface area contributed by atoms with Gasteiger partial charge in [-0.1, -0.05) is 6.92 Å². The molecule has 0 saturated carbocycles. The van der Waals surface area contributed by atoms with E-state index in [9.17, 15) is 0 Å². The standard InChI is InChI=1S/C13H16N2O2S/c1-2-7-16-11-3-5-12(6-4-11)17-8-10-9-18-13(14)15-10/h3-6,9H,2,7-8H2,1H3,(H2,14,15). The first-order valence-corrected chi connectivity index (χ1v) is 6.71. The average Bonchev–Trinajstić information content (AvgIpc) is 2.81. The Bertz CT molecular complexity index is 482.